The fourth-order valence-corrected chi connectivity index (χ4v) is 4.19. The molecule has 2 aliphatic rings. The van der Waals surface area contributed by atoms with Crippen LogP contribution in [0.5, 0.6) is 0 Å². The van der Waals surface area contributed by atoms with Crippen LogP contribution in [0, 0.1) is 11.7 Å². The summed E-state index contributed by atoms with van der Waals surface area (Å²) in [5.74, 6) is 1.64. The van der Waals surface area contributed by atoms with Crippen molar-refractivity contribution in [1.82, 2.24) is 16.0 Å². The van der Waals surface area contributed by atoms with Crippen molar-refractivity contribution < 1.29 is 9.18 Å². The molecule has 1 amide bonds. The molecular formula is C20H29FN4OS. The van der Waals surface area contributed by atoms with Crippen LogP contribution in [-0.4, -0.2) is 43.3 Å². The standard InChI is InChI=1S/C20H29FN4OS/c1-22-20(23-11-12-27-18-8-3-2-7-17(18)21)25-16-6-4-5-14(13-16)19(26)24-15-9-10-15/h2-3,7-8,14-16H,4-6,9-13H2,1H3,(H,24,26)(H2,22,23,25). The largest absolute Gasteiger partial charge is 0.356 e. The highest BCUT2D eigenvalue weighted by atomic mass is 32.2. The molecule has 2 aliphatic carbocycles. The third-order valence-corrected chi connectivity index (χ3v) is 6.07. The van der Waals surface area contributed by atoms with E-state index in [1.165, 1.54) is 17.8 Å². The molecule has 0 radical (unpaired) electrons. The smallest absolute Gasteiger partial charge is 0.223 e. The Morgan fingerprint density at radius 3 is 2.74 bits per heavy atom. The SMILES string of the molecule is CN=C(NCCSc1ccccc1F)NC1CCCC(C(=O)NC2CC2)C1. The van der Waals surface area contributed by atoms with E-state index in [9.17, 15) is 9.18 Å². The second kappa shape index (κ2) is 9.97. The first kappa shape index (κ1) is 20.0. The van der Waals surface area contributed by atoms with E-state index >= 15 is 0 Å². The number of guanidine groups is 1. The van der Waals surface area contributed by atoms with E-state index in [1.54, 1.807) is 19.2 Å². The number of hydrogen-bond donors (Lipinski definition) is 3. The number of aliphatic imine (C=N–C) groups is 1. The van der Waals surface area contributed by atoms with Crippen molar-refractivity contribution in [3.05, 3.63) is 30.1 Å². The number of benzene rings is 1. The second-order valence-electron chi connectivity index (χ2n) is 7.27. The van der Waals surface area contributed by atoms with Crippen LogP contribution in [0.4, 0.5) is 4.39 Å². The minimum atomic E-state index is -0.178. The quantitative estimate of drug-likeness (QED) is 0.289. The van der Waals surface area contributed by atoms with Crippen LogP contribution in [-0.2, 0) is 4.79 Å². The Balaban J connectivity index is 1.38. The van der Waals surface area contributed by atoms with Crippen LogP contribution in [0.3, 0.4) is 0 Å². The molecule has 2 fully saturated rings. The molecule has 1 aromatic rings. The van der Waals surface area contributed by atoms with Gasteiger partial charge in [-0.25, -0.2) is 4.39 Å². The lowest BCUT2D eigenvalue weighted by Gasteiger charge is -2.30. The maximum absolute atomic E-state index is 13.6. The van der Waals surface area contributed by atoms with E-state index in [4.69, 9.17) is 0 Å². The molecule has 1 aromatic carbocycles. The minimum Gasteiger partial charge on any atom is -0.356 e. The highest BCUT2D eigenvalue weighted by Gasteiger charge is 2.31. The van der Waals surface area contributed by atoms with Gasteiger partial charge in [-0.3, -0.25) is 9.79 Å². The zero-order valence-corrected chi connectivity index (χ0v) is 16.7. The third-order valence-electron chi connectivity index (χ3n) is 5.02. The molecule has 0 bridgehead atoms. The molecule has 5 nitrogen and oxygen atoms in total. The van der Waals surface area contributed by atoms with Gasteiger partial charge < -0.3 is 16.0 Å². The molecule has 2 unspecified atom stereocenters. The van der Waals surface area contributed by atoms with Gasteiger partial charge in [0, 0.05) is 42.2 Å². The molecule has 0 heterocycles. The minimum absolute atomic E-state index is 0.103. The summed E-state index contributed by atoms with van der Waals surface area (Å²) in [4.78, 5) is 17.3. The number of thioether (sulfide) groups is 1. The van der Waals surface area contributed by atoms with Gasteiger partial charge in [0.25, 0.3) is 0 Å². The van der Waals surface area contributed by atoms with Gasteiger partial charge in [-0.05, 0) is 44.2 Å². The van der Waals surface area contributed by atoms with Crippen LogP contribution >= 0.6 is 11.8 Å². The molecule has 7 heteroatoms. The third kappa shape index (κ3) is 6.41. The number of hydrogen-bond acceptors (Lipinski definition) is 3. The van der Waals surface area contributed by atoms with E-state index in [1.807, 2.05) is 6.07 Å². The van der Waals surface area contributed by atoms with Crippen molar-refractivity contribution in [1.29, 1.82) is 0 Å². The normalized spacial score (nSPS) is 23.0. The zero-order chi connectivity index (χ0) is 19.1. The number of rotatable bonds is 7. The van der Waals surface area contributed by atoms with Crippen molar-refractivity contribution in [2.75, 3.05) is 19.3 Å². The summed E-state index contributed by atoms with van der Waals surface area (Å²) in [5.41, 5.74) is 0. The van der Waals surface area contributed by atoms with Gasteiger partial charge in [-0.1, -0.05) is 18.6 Å². The van der Waals surface area contributed by atoms with Crippen LogP contribution in [0.2, 0.25) is 0 Å². The summed E-state index contributed by atoms with van der Waals surface area (Å²) in [6, 6.07) is 7.51. The topological polar surface area (TPSA) is 65.5 Å². The summed E-state index contributed by atoms with van der Waals surface area (Å²) in [6.07, 6.45) is 6.19. The van der Waals surface area contributed by atoms with E-state index in [0.717, 1.165) is 50.2 Å². The predicted molar refractivity (Wildman–Crippen MR) is 109 cm³/mol. The molecule has 3 N–H and O–H groups in total. The number of amides is 1. The molecule has 27 heavy (non-hydrogen) atoms. The lowest BCUT2D eigenvalue weighted by molar-refractivity contribution is -0.126. The van der Waals surface area contributed by atoms with Crippen molar-refractivity contribution in [2.45, 2.75) is 55.5 Å². The Labute approximate surface area is 165 Å². The number of carbonyl (C=O) groups excluding carboxylic acids is 1. The highest BCUT2D eigenvalue weighted by molar-refractivity contribution is 7.99. The monoisotopic (exact) mass is 392 g/mol. The van der Waals surface area contributed by atoms with Gasteiger partial charge in [-0.2, -0.15) is 0 Å². The molecule has 2 saturated carbocycles. The molecule has 0 spiro atoms. The van der Waals surface area contributed by atoms with Crippen molar-refractivity contribution in [3.8, 4) is 0 Å². The summed E-state index contributed by atoms with van der Waals surface area (Å²) in [7, 11) is 1.75. The van der Waals surface area contributed by atoms with Gasteiger partial charge >= 0.3 is 0 Å². The van der Waals surface area contributed by atoms with E-state index < -0.39 is 0 Å². The number of carbonyl (C=O) groups is 1. The zero-order valence-electron chi connectivity index (χ0n) is 15.8. The highest BCUT2D eigenvalue weighted by Crippen LogP contribution is 2.26. The summed E-state index contributed by atoms with van der Waals surface area (Å²) in [5, 5.41) is 9.86. The molecule has 0 aliphatic heterocycles. The van der Waals surface area contributed by atoms with Crippen LogP contribution in [0.1, 0.15) is 38.5 Å². The second-order valence-corrected chi connectivity index (χ2v) is 8.40. The van der Waals surface area contributed by atoms with Crippen molar-refractivity contribution >= 4 is 23.6 Å². The Morgan fingerprint density at radius 1 is 1.19 bits per heavy atom. The molecule has 3 rings (SSSR count). The van der Waals surface area contributed by atoms with Gasteiger partial charge in [0.05, 0.1) is 0 Å². The van der Waals surface area contributed by atoms with Crippen molar-refractivity contribution in [2.24, 2.45) is 10.9 Å². The van der Waals surface area contributed by atoms with Crippen molar-refractivity contribution in [3.63, 3.8) is 0 Å². The fourth-order valence-electron chi connectivity index (χ4n) is 3.39. The summed E-state index contributed by atoms with van der Waals surface area (Å²) >= 11 is 1.49. The number of nitrogens with one attached hydrogen (secondary N) is 3. The molecular weight excluding hydrogens is 363 g/mol. The van der Waals surface area contributed by atoms with Crippen LogP contribution in [0.25, 0.3) is 0 Å². The summed E-state index contributed by atoms with van der Waals surface area (Å²) < 4.78 is 13.6. The van der Waals surface area contributed by atoms with Gasteiger partial charge in [0.2, 0.25) is 5.91 Å². The molecule has 2 atom stereocenters. The van der Waals surface area contributed by atoms with Gasteiger partial charge in [-0.15, -0.1) is 11.8 Å². The predicted octanol–water partition coefficient (Wildman–Crippen LogP) is 2.92. The first-order valence-electron chi connectivity index (χ1n) is 9.80. The average Bonchev–Trinajstić information content (AvgIpc) is 3.49. The van der Waals surface area contributed by atoms with E-state index in [-0.39, 0.29) is 23.7 Å². The Kier molecular flexibility index (Phi) is 7.38. The Morgan fingerprint density at radius 2 is 2.00 bits per heavy atom. The first-order chi connectivity index (χ1) is 13.2. The number of halogens is 1. The lowest BCUT2D eigenvalue weighted by Crippen LogP contribution is -2.47. The van der Waals surface area contributed by atoms with Gasteiger partial charge in [0.15, 0.2) is 5.96 Å². The van der Waals surface area contributed by atoms with E-state index in [2.05, 4.69) is 20.9 Å². The Bertz CT molecular complexity index is 665. The molecule has 0 aromatic heterocycles. The molecule has 0 saturated heterocycles. The first-order valence-corrected chi connectivity index (χ1v) is 10.8. The average molecular weight is 393 g/mol. The Hall–Kier alpha value is -1.76. The maximum Gasteiger partial charge on any atom is 0.223 e. The summed E-state index contributed by atoms with van der Waals surface area (Å²) in [6.45, 7) is 0.691. The van der Waals surface area contributed by atoms with Crippen LogP contribution in [0.15, 0.2) is 34.2 Å². The lowest BCUT2D eigenvalue weighted by atomic mass is 9.85. The van der Waals surface area contributed by atoms with E-state index in [0.29, 0.717) is 17.5 Å². The maximum atomic E-state index is 13.6. The number of nitrogens with zero attached hydrogens (tertiary/aromatic N) is 1. The van der Waals surface area contributed by atoms with Gasteiger partial charge in [0.1, 0.15) is 5.82 Å². The van der Waals surface area contributed by atoms with Crippen LogP contribution < -0.4 is 16.0 Å². The fraction of sp³-hybridized carbons (Fsp3) is 0.600. The molecule has 148 valence electrons.